The molecule has 0 radical (unpaired) electrons. The molecule has 1 atom stereocenters. The first-order valence-corrected chi connectivity index (χ1v) is 16.7. The number of carbonyl (C=O) groups excluding carboxylic acids is 1. The molecule has 3 aromatic carbocycles. The van der Waals surface area contributed by atoms with E-state index in [1.54, 1.807) is 0 Å². The van der Waals surface area contributed by atoms with Gasteiger partial charge < -0.3 is 9.47 Å². The van der Waals surface area contributed by atoms with Crippen molar-refractivity contribution in [2.24, 2.45) is 17.8 Å². The van der Waals surface area contributed by atoms with Gasteiger partial charge in [-0.3, -0.25) is 0 Å². The molecule has 0 bridgehead atoms. The number of hydrogen-bond acceptors (Lipinski definition) is 3. The Morgan fingerprint density at radius 2 is 1.33 bits per heavy atom. The molecular weight excluding hydrogens is 516 g/mol. The van der Waals surface area contributed by atoms with Crippen LogP contribution in [0.25, 0.3) is 11.1 Å². The summed E-state index contributed by atoms with van der Waals surface area (Å²) < 4.78 is 11.6. The molecule has 226 valence electrons. The normalized spacial score (nSPS) is 17.5. The monoisotopic (exact) mass is 568 g/mol. The number of hydrogen-bond donors (Lipinski definition) is 0. The summed E-state index contributed by atoms with van der Waals surface area (Å²) >= 11 is 0. The fourth-order valence-corrected chi connectivity index (χ4v) is 6.12. The zero-order valence-corrected chi connectivity index (χ0v) is 26.3. The van der Waals surface area contributed by atoms with Gasteiger partial charge in [0.25, 0.3) is 0 Å². The molecule has 1 fully saturated rings. The minimum atomic E-state index is -0.328. The summed E-state index contributed by atoms with van der Waals surface area (Å²) in [5.41, 5.74) is 4.03. The summed E-state index contributed by atoms with van der Waals surface area (Å²) in [6.45, 7) is 7.57. The molecule has 4 rings (SSSR count). The Balaban J connectivity index is 1.18. The molecule has 0 N–H and O–H groups in total. The van der Waals surface area contributed by atoms with Crippen LogP contribution in [-0.2, 0) is 6.42 Å². The molecule has 3 aromatic rings. The lowest BCUT2D eigenvalue weighted by molar-refractivity contribution is 0.0734. The molecule has 1 unspecified atom stereocenters. The van der Waals surface area contributed by atoms with Crippen LogP contribution in [0.1, 0.15) is 114 Å². The van der Waals surface area contributed by atoms with E-state index in [1.165, 1.54) is 76.2 Å². The second kappa shape index (κ2) is 17.1. The first-order valence-electron chi connectivity index (χ1n) is 16.7. The van der Waals surface area contributed by atoms with Gasteiger partial charge in [0, 0.05) is 0 Å². The highest BCUT2D eigenvalue weighted by atomic mass is 16.5. The summed E-state index contributed by atoms with van der Waals surface area (Å²) in [5.74, 6) is 3.76. The van der Waals surface area contributed by atoms with Crippen molar-refractivity contribution >= 4 is 5.97 Å². The predicted octanol–water partition coefficient (Wildman–Crippen LogP) is 11.1. The average molecular weight is 569 g/mol. The van der Waals surface area contributed by atoms with Crippen LogP contribution in [0.15, 0.2) is 72.8 Å². The van der Waals surface area contributed by atoms with Gasteiger partial charge in [0.2, 0.25) is 0 Å². The van der Waals surface area contributed by atoms with Crippen LogP contribution in [0.5, 0.6) is 11.5 Å². The Bertz CT molecular complexity index is 1170. The van der Waals surface area contributed by atoms with Gasteiger partial charge >= 0.3 is 5.97 Å². The second-order valence-corrected chi connectivity index (χ2v) is 12.6. The summed E-state index contributed by atoms with van der Waals surface area (Å²) in [5, 5.41) is 0. The van der Waals surface area contributed by atoms with E-state index in [0.717, 1.165) is 54.1 Å². The van der Waals surface area contributed by atoms with Crippen LogP contribution >= 0.6 is 0 Å². The Morgan fingerprint density at radius 3 is 1.95 bits per heavy atom. The third-order valence-electron chi connectivity index (χ3n) is 9.27. The highest BCUT2D eigenvalue weighted by Crippen LogP contribution is 2.34. The quantitative estimate of drug-likeness (QED) is 0.0979. The first-order chi connectivity index (χ1) is 20.5. The molecule has 3 heteroatoms. The predicted molar refractivity (Wildman–Crippen MR) is 175 cm³/mol. The van der Waals surface area contributed by atoms with Gasteiger partial charge in [0.15, 0.2) is 0 Å². The highest BCUT2D eigenvalue weighted by molar-refractivity contribution is 5.91. The van der Waals surface area contributed by atoms with Gasteiger partial charge in [-0.05, 0) is 96.5 Å². The van der Waals surface area contributed by atoms with Crippen molar-refractivity contribution in [3.8, 4) is 22.6 Å². The maximum absolute atomic E-state index is 12.8. The Morgan fingerprint density at radius 1 is 0.738 bits per heavy atom. The number of aryl methyl sites for hydroxylation is 1. The summed E-state index contributed by atoms with van der Waals surface area (Å²) in [4.78, 5) is 12.8. The molecule has 0 saturated heterocycles. The van der Waals surface area contributed by atoms with E-state index in [1.807, 2.05) is 48.5 Å². The zero-order chi connectivity index (χ0) is 29.6. The summed E-state index contributed by atoms with van der Waals surface area (Å²) in [7, 11) is 0. The number of carbonyl (C=O) groups is 1. The van der Waals surface area contributed by atoms with Gasteiger partial charge in [-0.1, -0.05) is 115 Å². The van der Waals surface area contributed by atoms with E-state index < -0.39 is 0 Å². The van der Waals surface area contributed by atoms with E-state index in [2.05, 4.69) is 45.0 Å². The zero-order valence-electron chi connectivity index (χ0n) is 26.3. The number of unbranched alkanes of at least 4 members (excludes halogenated alkanes) is 2. The average Bonchev–Trinajstić information content (AvgIpc) is 3.03. The third-order valence-corrected chi connectivity index (χ3v) is 9.27. The Labute approximate surface area is 255 Å². The molecule has 3 nitrogen and oxygen atoms in total. The van der Waals surface area contributed by atoms with Crippen molar-refractivity contribution in [1.29, 1.82) is 0 Å². The SMILES string of the molecule is CCCCCC1CCC(CCc2ccc(OC(=O)c3ccc(-c4ccc(OCCCC(C)CC)cc4)cc3)cc2)CC1. The van der Waals surface area contributed by atoms with E-state index in [0.29, 0.717) is 11.3 Å². The fourth-order valence-electron chi connectivity index (χ4n) is 6.12. The standard InChI is InChI=1S/C39H52O3/c1-4-6-7-10-31-11-13-32(14-12-31)15-16-33-17-25-38(26-18-33)42-39(40)36-21-19-34(20-22-36)35-23-27-37(28-24-35)41-29-8-9-30(3)5-2/h17-28,30-32H,4-16,29H2,1-3H3. The van der Waals surface area contributed by atoms with E-state index in [4.69, 9.17) is 9.47 Å². The van der Waals surface area contributed by atoms with Crippen LogP contribution in [0, 0.1) is 17.8 Å². The van der Waals surface area contributed by atoms with Gasteiger partial charge in [-0.2, -0.15) is 0 Å². The molecule has 42 heavy (non-hydrogen) atoms. The lowest BCUT2D eigenvalue weighted by Gasteiger charge is -2.28. The molecule has 0 heterocycles. The van der Waals surface area contributed by atoms with E-state index in [9.17, 15) is 4.79 Å². The lowest BCUT2D eigenvalue weighted by Crippen LogP contribution is -2.15. The topological polar surface area (TPSA) is 35.5 Å². The number of benzene rings is 3. The van der Waals surface area contributed by atoms with Crippen molar-refractivity contribution in [2.45, 2.75) is 104 Å². The number of esters is 1. The van der Waals surface area contributed by atoms with Crippen molar-refractivity contribution in [1.82, 2.24) is 0 Å². The molecule has 1 aliphatic carbocycles. The third kappa shape index (κ3) is 10.3. The van der Waals surface area contributed by atoms with Crippen molar-refractivity contribution in [3.05, 3.63) is 83.9 Å². The van der Waals surface area contributed by atoms with E-state index >= 15 is 0 Å². The van der Waals surface area contributed by atoms with Crippen molar-refractivity contribution < 1.29 is 14.3 Å². The molecule has 0 spiro atoms. The van der Waals surface area contributed by atoms with Crippen LogP contribution in [0.4, 0.5) is 0 Å². The minimum absolute atomic E-state index is 0.328. The van der Waals surface area contributed by atoms with Gasteiger partial charge in [-0.15, -0.1) is 0 Å². The van der Waals surface area contributed by atoms with Gasteiger partial charge in [-0.25, -0.2) is 4.79 Å². The molecular formula is C39H52O3. The lowest BCUT2D eigenvalue weighted by atomic mass is 9.78. The molecule has 0 aliphatic heterocycles. The Hall–Kier alpha value is -3.07. The highest BCUT2D eigenvalue weighted by Gasteiger charge is 2.20. The number of ether oxygens (including phenoxy) is 2. The van der Waals surface area contributed by atoms with E-state index in [-0.39, 0.29) is 5.97 Å². The molecule has 1 aliphatic rings. The summed E-state index contributed by atoms with van der Waals surface area (Å²) in [6.07, 6.45) is 17.1. The Kier molecular flexibility index (Phi) is 13.0. The van der Waals surface area contributed by atoms with Crippen LogP contribution in [0.2, 0.25) is 0 Å². The smallest absolute Gasteiger partial charge is 0.343 e. The van der Waals surface area contributed by atoms with Crippen molar-refractivity contribution in [2.75, 3.05) is 6.61 Å². The first kappa shape index (κ1) is 31.9. The maximum Gasteiger partial charge on any atom is 0.343 e. The van der Waals surface area contributed by atoms with Crippen LogP contribution < -0.4 is 9.47 Å². The molecule has 0 amide bonds. The van der Waals surface area contributed by atoms with Gasteiger partial charge in [0.05, 0.1) is 12.2 Å². The summed E-state index contributed by atoms with van der Waals surface area (Å²) in [6, 6.07) is 23.9. The van der Waals surface area contributed by atoms with Crippen molar-refractivity contribution in [3.63, 3.8) is 0 Å². The number of rotatable bonds is 16. The van der Waals surface area contributed by atoms with Crippen LogP contribution in [0.3, 0.4) is 0 Å². The second-order valence-electron chi connectivity index (χ2n) is 12.6. The van der Waals surface area contributed by atoms with Gasteiger partial charge in [0.1, 0.15) is 11.5 Å². The fraction of sp³-hybridized carbons (Fsp3) is 0.513. The molecule has 0 aromatic heterocycles. The van der Waals surface area contributed by atoms with Crippen LogP contribution in [-0.4, -0.2) is 12.6 Å². The largest absolute Gasteiger partial charge is 0.494 e. The maximum atomic E-state index is 12.8. The minimum Gasteiger partial charge on any atom is -0.494 e. The molecule has 1 saturated carbocycles.